The summed E-state index contributed by atoms with van der Waals surface area (Å²) in [5.74, 6) is 0. The second kappa shape index (κ2) is 13.5. The van der Waals surface area contributed by atoms with Crippen LogP contribution >= 0.6 is 0 Å². The van der Waals surface area contributed by atoms with E-state index in [4.69, 9.17) is 8.85 Å². The van der Waals surface area contributed by atoms with Crippen LogP contribution in [0, 0.1) is 0 Å². The van der Waals surface area contributed by atoms with Crippen molar-refractivity contribution in [2.45, 2.75) is 65.0 Å². The minimum absolute atomic E-state index is 0. The molecule has 0 saturated carbocycles. The van der Waals surface area contributed by atoms with Crippen molar-refractivity contribution < 1.29 is 37.3 Å². The quantitative estimate of drug-likeness (QED) is 0.259. The molecule has 0 spiro atoms. The van der Waals surface area contributed by atoms with Crippen molar-refractivity contribution in [3.05, 3.63) is 0 Å². The molecule has 0 saturated heterocycles. The van der Waals surface area contributed by atoms with Gasteiger partial charge in [0.2, 0.25) is 0 Å². The number of nitrogens with zero attached hydrogens (tertiary/aromatic N) is 1. The smallest absolute Gasteiger partial charge is 0.320 e. The fraction of sp³-hybridized carbons (Fsp3) is 1.00. The van der Waals surface area contributed by atoms with E-state index in [2.05, 4.69) is 27.8 Å². The van der Waals surface area contributed by atoms with Gasteiger partial charge in [0.1, 0.15) is 0 Å². The van der Waals surface area contributed by atoms with Gasteiger partial charge in [-0.3, -0.25) is 0 Å². The molecule has 5 heteroatoms. The Labute approximate surface area is 145 Å². The Balaban J connectivity index is 0. The lowest BCUT2D eigenvalue weighted by Gasteiger charge is -2.41. The predicted octanol–water partition coefficient (Wildman–Crippen LogP) is 0.329. The Morgan fingerprint density at radius 3 is 1.85 bits per heavy atom. The van der Waals surface area contributed by atoms with Crippen molar-refractivity contribution in [1.29, 1.82) is 0 Å². The molecule has 0 radical (unpaired) electrons. The minimum atomic E-state index is -1.36. The summed E-state index contributed by atoms with van der Waals surface area (Å²) in [4.78, 5) is 0. The molecule has 0 bridgehead atoms. The van der Waals surface area contributed by atoms with Gasteiger partial charge in [-0.05, 0) is 38.1 Å². The Kier molecular flexibility index (Phi) is 15.6. The van der Waals surface area contributed by atoms with Crippen LogP contribution in [0.3, 0.4) is 0 Å². The van der Waals surface area contributed by atoms with Gasteiger partial charge in [0, 0.05) is 14.2 Å². The molecule has 0 aliphatic carbocycles. The van der Waals surface area contributed by atoms with Gasteiger partial charge in [0.05, 0.1) is 26.2 Å². The molecule has 124 valence electrons. The molecule has 0 aliphatic heterocycles. The summed E-state index contributed by atoms with van der Waals surface area (Å²) in [6, 6.07) is 1.94. The third-order valence-electron chi connectivity index (χ3n) is 4.32. The lowest BCUT2D eigenvalue weighted by Crippen LogP contribution is -3.00. The summed E-state index contributed by atoms with van der Waals surface area (Å²) in [5.41, 5.74) is 0. The first kappa shape index (κ1) is 23.1. The standard InChI is InChI=1S/C15H36NO2Si.HI/c1-7-12-16(4,13-8-2)15(9-3)11-10-14-19(17-5)18-6;/h15,19H,7-14H2,1-6H3;1H/q+1;/p-1. The molecular formula is C15H36INO2Si. The highest BCUT2D eigenvalue weighted by molar-refractivity contribution is 6.44. The maximum absolute atomic E-state index is 5.41. The first-order chi connectivity index (χ1) is 9.07. The molecule has 3 nitrogen and oxygen atoms in total. The summed E-state index contributed by atoms with van der Waals surface area (Å²) >= 11 is 0. The third kappa shape index (κ3) is 8.31. The molecule has 1 unspecified atom stereocenters. The highest BCUT2D eigenvalue weighted by Crippen LogP contribution is 2.21. The van der Waals surface area contributed by atoms with Gasteiger partial charge in [-0.2, -0.15) is 0 Å². The highest BCUT2D eigenvalue weighted by atomic mass is 127. The van der Waals surface area contributed by atoms with Crippen molar-refractivity contribution in [2.24, 2.45) is 0 Å². The Hall–Kier alpha value is 0.827. The van der Waals surface area contributed by atoms with Crippen LogP contribution < -0.4 is 24.0 Å². The van der Waals surface area contributed by atoms with E-state index in [-0.39, 0.29) is 24.0 Å². The third-order valence-corrected chi connectivity index (χ3v) is 6.26. The molecule has 20 heavy (non-hydrogen) atoms. The van der Waals surface area contributed by atoms with Crippen molar-refractivity contribution in [3.8, 4) is 0 Å². The van der Waals surface area contributed by atoms with Crippen LogP contribution in [-0.2, 0) is 8.85 Å². The first-order valence-corrected chi connectivity index (χ1v) is 9.73. The van der Waals surface area contributed by atoms with Crippen molar-refractivity contribution in [3.63, 3.8) is 0 Å². The summed E-state index contributed by atoms with van der Waals surface area (Å²) in [6.07, 6.45) is 6.39. The van der Waals surface area contributed by atoms with Crippen LogP contribution in [0.1, 0.15) is 52.9 Å². The van der Waals surface area contributed by atoms with Crippen LogP contribution in [0.2, 0.25) is 6.04 Å². The zero-order chi connectivity index (χ0) is 14.7. The second-order valence-electron chi connectivity index (χ2n) is 5.82. The molecule has 0 aliphatic rings. The maximum atomic E-state index is 5.41. The van der Waals surface area contributed by atoms with Crippen LogP contribution in [0.5, 0.6) is 0 Å². The molecule has 0 aromatic heterocycles. The number of quaternary nitrogens is 1. The average Bonchev–Trinajstić information content (AvgIpc) is 2.39. The number of halogens is 1. The molecule has 0 amide bonds. The summed E-state index contributed by atoms with van der Waals surface area (Å²) in [5, 5.41) is 0. The number of rotatable bonds is 12. The van der Waals surface area contributed by atoms with Gasteiger partial charge in [-0.15, -0.1) is 0 Å². The normalized spacial score (nSPS) is 13.3. The van der Waals surface area contributed by atoms with E-state index in [0.29, 0.717) is 0 Å². The van der Waals surface area contributed by atoms with Crippen molar-refractivity contribution in [2.75, 3.05) is 34.4 Å². The Morgan fingerprint density at radius 2 is 1.50 bits per heavy atom. The van der Waals surface area contributed by atoms with Gasteiger partial charge in [-0.1, -0.05) is 20.8 Å². The van der Waals surface area contributed by atoms with E-state index >= 15 is 0 Å². The fourth-order valence-corrected chi connectivity index (χ4v) is 4.54. The molecule has 1 atom stereocenters. The number of hydrogen-bond donors (Lipinski definition) is 0. The van der Waals surface area contributed by atoms with Crippen LogP contribution in [0.25, 0.3) is 0 Å². The molecule has 0 aromatic rings. The van der Waals surface area contributed by atoms with Crippen LogP contribution in [0.15, 0.2) is 0 Å². The zero-order valence-corrected chi connectivity index (χ0v) is 17.8. The van der Waals surface area contributed by atoms with Gasteiger partial charge in [0.25, 0.3) is 0 Å². The number of hydrogen-bond acceptors (Lipinski definition) is 2. The van der Waals surface area contributed by atoms with E-state index in [1.165, 1.54) is 49.7 Å². The maximum Gasteiger partial charge on any atom is 0.320 e. The molecule has 0 heterocycles. The van der Waals surface area contributed by atoms with Crippen LogP contribution in [0.4, 0.5) is 0 Å². The topological polar surface area (TPSA) is 18.5 Å². The van der Waals surface area contributed by atoms with Crippen LogP contribution in [-0.4, -0.2) is 54.2 Å². The zero-order valence-electron chi connectivity index (χ0n) is 14.5. The Bertz CT molecular complexity index is 210. The van der Waals surface area contributed by atoms with Gasteiger partial charge in [-0.25, -0.2) is 0 Å². The highest BCUT2D eigenvalue weighted by Gasteiger charge is 2.29. The first-order valence-electron chi connectivity index (χ1n) is 7.97. The largest absolute Gasteiger partial charge is 1.00 e. The average molecular weight is 417 g/mol. The lowest BCUT2D eigenvalue weighted by molar-refractivity contribution is -0.934. The van der Waals surface area contributed by atoms with Gasteiger partial charge in [0.15, 0.2) is 0 Å². The summed E-state index contributed by atoms with van der Waals surface area (Å²) in [7, 11) is 4.66. The Morgan fingerprint density at radius 1 is 1.00 bits per heavy atom. The predicted molar refractivity (Wildman–Crippen MR) is 85.8 cm³/mol. The lowest BCUT2D eigenvalue weighted by atomic mass is 10.0. The minimum Gasteiger partial charge on any atom is -1.00 e. The summed E-state index contributed by atoms with van der Waals surface area (Å²) < 4.78 is 12.1. The molecule has 0 rings (SSSR count). The van der Waals surface area contributed by atoms with Gasteiger partial charge < -0.3 is 37.3 Å². The van der Waals surface area contributed by atoms with E-state index in [1.54, 1.807) is 14.2 Å². The van der Waals surface area contributed by atoms with Crippen molar-refractivity contribution in [1.82, 2.24) is 0 Å². The fourth-order valence-electron chi connectivity index (χ4n) is 3.31. The molecule has 0 fully saturated rings. The second-order valence-corrected chi connectivity index (χ2v) is 8.20. The van der Waals surface area contributed by atoms with E-state index in [0.717, 1.165) is 12.1 Å². The molecular weight excluding hydrogens is 381 g/mol. The van der Waals surface area contributed by atoms with Crippen molar-refractivity contribution >= 4 is 9.28 Å². The van der Waals surface area contributed by atoms with E-state index < -0.39 is 9.28 Å². The SMILES string of the molecule is CCC[N+](C)(CCC)C(CC)CCC[SiH](OC)OC.[I-]. The molecule has 0 aromatic carbocycles. The van der Waals surface area contributed by atoms with E-state index in [9.17, 15) is 0 Å². The summed E-state index contributed by atoms with van der Waals surface area (Å²) in [6.45, 7) is 9.56. The van der Waals surface area contributed by atoms with Gasteiger partial charge >= 0.3 is 9.28 Å². The molecule has 0 N–H and O–H groups in total. The van der Waals surface area contributed by atoms with E-state index in [1.807, 2.05) is 0 Å². The monoisotopic (exact) mass is 417 g/mol.